The van der Waals surface area contributed by atoms with Crippen LogP contribution in [0.1, 0.15) is 23.4 Å². The van der Waals surface area contributed by atoms with Gasteiger partial charge in [0.15, 0.2) is 5.78 Å². The first-order valence-corrected chi connectivity index (χ1v) is 4.82. The normalized spacial score (nSPS) is 11.9. The Kier molecular flexibility index (Phi) is 3.56. The molecule has 0 N–H and O–H groups in total. The molecule has 0 amide bonds. The van der Waals surface area contributed by atoms with Gasteiger partial charge in [-0.1, -0.05) is 6.07 Å². The van der Waals surface area contributed by atoms with Crippen molar-refractivity contribution in [3.8, 4) is 6.07 Å². The highest BCUT2D eigenvalue weighted by molar-refractivity contribution is 7.80. The van der Waals surface area contributed by atoms with Gasteiger partial charge in [0.25, 0.3) is 0 Å². The van der Waals surface area contributed by atoms with Crippen molar-refractivity contribution in [2.75, 3.05) is 0 Å². The lowest BCUT2D eigenvalue weighted by Crippen LogP contribution is -2.02. The maximum atomic E-state index is 11.0. The van der Waals surface area contributed by atoms with E-state index in [1.165, 1.54) is 6.92 Å². The minimum absolute atomic E-state index is 0.133. The topological polar surface area (TPSA) is 40.9 Å². The minimum Gasteiger partial charge on any atom is -0.298 e. The van der Waals surface area contributed by atoms with E-state index >= 15 is 0 Å². The minimum atomic E-state index is -0.685. The second kappa shape index (κ2) is 4.50. The van der Waals surface area contributed by atoms with Crippen LogP contribution in [0.2, 0.25) is 0 Å². The molecule has 14 heavy (non-hydrogen) atoms. The summed E-state index contributed by atoms with van der Waals surface area (Å²) >= 11 is 10.0. The monoisotopic (exact) mass is 225 g/mol. The molecular formula is C10H8ClNOS. The predicted octanol–water partition coefficient (Wildman–Crippen LogP) is 2.72. The molecule has 0 aliphatic heterocycles. The summed E-state index contributed by atoms with van der Waals surface area (Å²) in [5.74, 6) is -0.133. The number of carbonyl (C=O) groups is 1. The van der Waals surface area contributed by atoms with Crippen LogP contribution in [0.4, 0.5) is 0 Å². The first-order chi connectivity index (χ1) is 6.56. The van der Waals surface area contributed by atoms with Gasteiger partial charge in [-0.2, -0.15) is 5.26 Å². The molecule has 1 unspecified atom stereocenters. The highest BCUT2D eigenvalue weighted by Gasteiger charge is 2.15. The van der Waals surface area contributed by atoms with Crippen molar-refractivity contribution in [1.82, 2.24) is 0 Å². The van der Waals surface area contributed by atoms with Crippen molar-refractivity contribution in [2.24, 2.45) is 0 Å². The Balaban J connectivity index is 3.13. The van der Waals surface area contributed by atoms with Gasteiger partial charge >= 0.3 is 0 Å². The number of halogens is 1. The Labute approximate surface area is 92.9 Å². The Morgan fingerprint density at radius 2 is 2.29 bits per heavy atom. The molecule has 2 nitrogen and oxygen atoms in total. The van der Waals surface area contributed by atoms with Gasteiger partial charge < -0.3 is 0 Å². The third kappa shape index (κ3) is 2.28. The maximum Gasteiger partial charge on any atom is 0.152 e. The number of alkyl halides is 1. The van der Waals surface area contributed by atoms with E-state index in [2.05, 4.69) is 12.6 Å². The van der Waals surface area contributed by atoms with E-state index in [4.69, 9.17) is 16.9 Å². The third-order valence-corrected chi connectivity index (χ3v) is 2.72. The number of benzene rings is 1. The Morgan fingerprint density at radius 3 is 2.71 bits per heavy atom. The maximum absolute atomic E-state index is 11.0. The van der Waals surface area contributed by atoms with Crippen LogP contribution < -0.4 is 0 Å². The molecule has 0 spiro atoms. The van der Waals surface area contributed by atoms with Crippen LogP contribution in [-0.2, 0) is 4.79 Å². The Morgan fingerprint density at radius 1 is 1.64 bits per heavy atom. The van der Waals surface area contributed by atoms with E-state index in [1.807, 2.05) is 6.07 Å². The molecule has 4 heteroatoms. The van der Waals surface area contributed by atoms with Crippen LogP contribution in [-0.4, -0.2) is 5.78 Å². The molecular weight excluding hydrogens is 218 g/mol. The molecule has 0 aromatic heterocycles. The van der Waals surface area contributed by atoms with Gasteiger partial charge in [0, 0.05) is 4.90 Å². The molecule has 1 atom stereocenters. The molecule has 0 aliphatic rings. The van der Waals surface area contributed by atoms with Gasteiger partial charge in [-0.25, -0.2) is 0 Å². The van der Waals surface area contributed by atoms with E-state index < -0.39 is 5.38 Å². The summed E-state index contributed by atoms with van der Waals surface area (Å²) < 4.78 is 0. The summed E-state index contributed by atoms with van der Waals surface area (Å²) in [7, 11) is 0. The van der Waals surface area contributed by atoms with Crippen LogP contribution >= 0.6 is 24.2 Å². The average molecular weight is 226 g/mol. The van der Waals surface area contributed by atoms with Crippen LogP contribution in [0.3, 0.4) is 0 Å². The first kappa shape index (κ1) is 11.1. The van der Waals surface area contributed by atoms with Crippen LogP contribution in [0.5, 0.6) is 0 Å². The van der Waals surface area contributed by atoms with Gasteiger partial charge in [0.05, 0.1) is 11.6 Å². The van der Waals surface area contributed by atoms with Crippen molar-refractivity contribution >= 4 is 30.0 Å². The molecule has 0 saturated heterocycles. The third-order valence-electron chi connectivity index (χ3n) is 1.79. The van der Waals surface area contributed by atoms with E-state index in [0.717, 1.165) is 0 Å². The molecule has 72 valence electrons. The van der Waals surface area contributed by atoms with Gasteiger partial charge in [-0.05, 0) is 24.6 Å². The number of carbonyl (C=O) groups excluding carboxylic acids is 1. The summed E-state index contributed by atoms with van der Waals surface area (Å²) in [5.41, 5.74) is 1.15. The Hall–Kier alpha value is -0.980. The molecule has 1 aromatic carbocycles. The van der Waals surface area contributed by atoms with Crippen LogP contribution in [0.25, 0.3) is 0 Å². The average Bonchev–Trinajstić information content (AvgIpc) is 2.16. The Bertz CT molecular complexity index is 411. The largest absolute Gasteiger partial charge is 0.298 e. The van der Waals surface area contributed by atoms with Crippen molar-refractivity contribution in [2.45, 2.75) is 17.2 Å². The lowest BCUT2D eigenvalue weighted by molar-refractivity contribution is -0.116. The second-order valence-electron chi connectivity index (χ2n) is 2.86. The fraction of sp³-hybridized carbons (Fsp3) is 0.200. The SMILES string of the molecule is CC(=O)C(Cl)c1ccc(C#N)cc1S. The number of nitrogens with zero attached hydrogens (tertiary/aromatic N) is 1. The standard InChI is InChI=1S/C10H8ClNOS/c1-6(13)10(11)8-3-2-7(5-12)4-9(8)14/h2-4,10,14H,1H3. The van der Waals surface area contributed by atoms with Gasteiger partial charge in [-0.3, -0.25) is 4.79 Å². The van der Waals surface area contributed by atoms with Gasteiger partial charge in [0.1, 0.15) is 5.38 Å². The van der Waals surface area contributed by atoms with Crippen molar-refractivity contribution < 1.29 is 4.79 Å². The molecule has 0 aliphatic carbocycles. The van der Waals surface area contributed by atoms with Gasteiger partial charge in [-0.15, -0.1) is 24.2 Å². The molecule has 0 saturated carbocycles. The summed E-state index contributed by atoms with van der Waals surface area (Å²) in [6, 6.07) is 6.85. The molecule has 1 rings (SSSR count). The summed E-state index contributed by atoms with van der Waals surface area (Å²) in [6.45, 7) is 1.42. The van der Waals surface area contributed by atoms with Crippen molar-refractivity contribution in [3.05, 3.63) is 29.3 Å². The molecule has 1 aromatic rings. The summed E-state index contributed by atoms with van der Waals surface area (Å²) in [5, 5.41) is 7.93. The number of thiol groups is 1. The molecule has 0 bridgehead atoms. The number of hydrogen-bond acceptors (Lipinski definition) is 3. The van der Waals surface area contributed by atoms with Crippen molar-refractivity contribution in [1.29, 1.82) is 5.26 Å². The number of Topliss-reactive ketones (excluding diaryl/α,β-unsaturated/α-hetero) is 1. The van der Waals surface area contributed by atoms with Crippen LogP contribution in [0.15, 0.2) is 23.1 Å². The van der Waals surface area contributed by atoms with E-state index in [0.29, 0.717) is 16.0 Å². The van der Waals surface area contributed by atoms with Crippen LogP contribution in [0, 0.1) is 11.3 Å². The molecule has 0 heterocycles. The highest BCUT2D eigenvalue weighted by Crippen LogP contribution is 2.27. The smallest absolute Gasteiger partial charge is 0.152 e. The van der Waals surface area contributed by atoms with E-state index in [9.17, 15) is 4.79 Å². The van der Waals surface area contributed by atoms with Gasteiger partial charge in [0.2, 0.25) is 0 Å². The zero-order valence-corrected chi connectivity index (χ0v) is 9.14. The zero-order chi connectivity index (χ0) is 10.7. The summed E-state index contributed by atoms with van der Waals surface area (Å²) in [6.07, 6.45) is 0. The summed E-state index contributed by atoms with van der Waals surface area (Å²) in [4.78, 5) is 11.6. The number of hydrogen-bond donors (Lipinski definition) is 1. The fourth-order valence-electron chi connectivity index (χ4n) is 1.05. The zero-order valence-electron chi connectivity index (χ0n) is 7.49. The lowest BCUT2D eigenvalue weighted by atomic mass is 10.1. The van der Waals surface area contributed by atoms with E-state index in [-0.39, 0.29) is 5.78 Å². The number of ketones is 1. The predicted molar refractivity (Wildman–Crippen MR) is 57.7 cm³/mol. The lowest BCUT2D eigenvalue weighted by Gasteiger charge is -2.08. The van der Waals surface area contributed by atoms with Crippen molar-refractivity contribution in [3.63, 3.8) is 0 Å². The quantitative estimate of drug-likeness (QED) is 0.621. The first-order valence-electron chi connectivity index (χ1n) is 3.93. The number of nitriles is 1. The molecule has 0 fully saturated rings. The van der Waals surface area contributed by atoms with E-state index in [1.54, 1.807) is 18.2 Å². The number of rotatable bonds is 2. The second-order valence-corrected chi connectivity index (χ2v) is 3.78. The molecule has 0 radical (unpaired) electrons. The highest BCUT2D eigenvalue weighted by atomic mass is 35.5. The fourth-order valence-corrected chi connectivity index (χ4v) is 1.66.